The number of rotatable bonds is 2. The Kier molecular flexibility index (Phi) is 3.77. The Balaban J connectivity index is 2.32. The number of benzene rings is 1. The van der Waals surface area contributed by atoms with Crippen LogP contribution in [0.4, 0.5) is 5.69 Å². The van der Waals surface area contributed by atoms with Crippen molar-refractivity contribution in [2.75, 3.05) is 11.9 Å². The maximum Gasteiger partial charge on any atom is 0.258 e. The predicted molar refractivity (Wildman–Crippen MR) is 75.8 cm³/mol. The summed E-state index contributed by atoms with van der Waals surface area (Å²) in [6.45, 7) is 1.99. The van der Waals surface area contributed by atoms with Gasteiger partial charge in [0.2, 0.25) is 0 Å². The van der Waals surface area contributed by atoms with Gasteiger partial charge in [-0.15, -0.1) is 0 Å². The second kappa shape index (κ2) is 5.31. The summed E-state index contributed by atoms with van der Waals surface area (Å²) in [5.41, 5.74) is 2.60. The lowest BCUT2D eigenvalue weighted by atomic mass is 10.1. The third-order valence-corrected chi connectivity index (χ3v) is 3.19. The normalized spacial score (nSPS) is 10.2. The van der Waals surface area contributed by atoms with E-state index >= 15 is 0 Å². The van der Waals surface area contributed by atoms with Crippen molar-refractivity contribution in [1.29, 1.82) is 0 Å². The van der Waals surface area contributed by atoms with Crippen molar-refractivity contribution in [3.63, 3.8) is 0 Å². The van der Waals surface area contributed by atoms with Crippen LogP contribution in [0.5, 0.6) is 0 Å². The van der Waals surface area contributed by atoms with E-state index in [1.165, 1.54) is 0 Å². The van der Waals surface area contributed by atoms with Crippen LogP contribution in [-0.2, 0) is 0 Å². The minimum absolute atomic E-state index is 0.0487. The highest BCUT2D eigenvalue weighted by atomic mass is 79.9. The Morgan fingerprint density at radius 2 is 2.00 bits per heavy atom. The molecule has 1 amide bonds. The van der Waals surface area contributed by atoms with E-state index < -0.39 is 0 Å². The number of nitrogens with zero attached hydrogens (tertiary/aromatic N) is 2. The van der Waals surface area contributed by atoms with Crippen LogP contribution >= 0.6 is 15.9 Å². The number of hydrogen-bond donors (Lipinski definition) is 0. The average molecular weight is 305 g/mol. The monoisotopic (exact) mass is 304 g/mol. The van der Waals surface area contributed by atoms with E-state index in [0.717, 1.165) is 11.3 Å². The van der Waals surface area contributed by atoms with E-state index in [0.29, 0.717) is 10.2 Å². The fourth-order valence-corrected chi connectivity index (χ4v) is 2.14. The highest BCUT2D eigenvalue weighted by Crippen LogP contribution is 2.20. The molecule has 0 saturated carbocycles. The van der Waals surface area contributed by atoms with Crippen LogP contribution in [0, 0.1) is 6.92 Å². The van der Waals surface area contributed by atoms with Crippen LogP contribution in [0.3, 0.4) is 0 Å². The molecular formula is C14H13BrN2O. The Hall–Kier alpha value is -1.68. The van der Waals surface area contributed by atoms with Crippen LogP contribution in [-0.4, -0.2) is 17.9 Å². The standard InChI is InChI=1S/C14H13BrN2O/c1-10-5-3-4-6-12(10)17(2)14(18)11-7-8-16-13(15)9-11/h3-9H,1-2H3. The van der Waals surface area contributed by atoms with Crippen LogP contribution in [0.25, 0.3) is 0 Å². The van der Waals surface area contributed by atoms with Crippen molar-refractivity contribution >= 4 is 27.5 Å². The summed E-state index contributed by atoms with van der Waals surface area (Å²) in [6.07, 6.45) is 1.61. The van der Waals surface area contributed by atoms with Crippen LogP contribution in [0.1, 0.15) is 15.9 Å². The van der Waals surface area contributed by atoms with Crippen LogP contribution in [0.2, 0.25) is 0 Å². The molecule has 3 nitrogen and oxygen atoms in total. The van der Waals surface area contributed by atoms with E-state index in [9.17, 15) is 4.79 Å². The summed E-state index contributed by atoms with van der Waals surface area (Å²) >= 11 is 3.27. The van der Waals surface area contributed by atoms with Gasteiger partial charge in [0, 0.05) is 24.5 Å². The summed E-state index contributed by atoms with van der Waals surface area (Å²) in [7, 11) is 1.78. The maximum absolute atomic E-state index is 12.3. The molecular weight excluding hydrogens is 292 g/mol. The minimum atomic E-state index is -0.0487. The van der Waals surface area contributed by atoms with Gasteiger partial charge in [0.15, 0.2) is 0 Å². The molecule has 0 saturated heterocycles. The average Bonchev–Trinajstić information content (AvgIpc) is 2.37. The summed E-state index contributed by atoms with van der Waals surface area (Å²) in [5.74, 6) is -0.0487. The first kappa shape index (κ1) is 12.8. The molecule has 0 aliphatic carbocycles. The van der Waals surface area contributed by atoms with Crippen molar-refractivity contribution in [3.05, 3.63) is 58.3 Å². The molecule has 0 aliphatic heterocycles. The second-order valence-corrected chi connectivity index (χ2v) is 4.83. The second-order valence-electron chi connectivity index (χ2n) is 4.02. The van der Waals surface area contributed by atoms with Gasteiger partial charge < -0.3 is 4.90 Å². The van der Waals surface area contributed by atoms with Gasteiger partial charge in [-0.3, -0.25) is 4.79 Å². The number of aromatic nitrogens is 1. The van der Waals surface area contributed by atoms with Gasteiger partial charge in [-0.1, -0.05) is 18.2 Å². The van der Waals surface area contributed by atoms with Crippen molar-refractivity contribution < 1.29 is 4.79 Å². The Bertz CT molecular complexity index is 584. The zero-order valence-corrected chi connectivity index (χ0v) is 11.8. The highest BCUT2D eigenvalue weighted by Gasteiger charge is 2.15. The molecule has 0 atom stereocenters. The quantitative estimate of drug-likeness (QED) is 0.796. The van der Waals surface area contributed by atoms with Crippen molar-refractivity contribution in [1.82, 2.24) is 4.98 Å². The predicted octanol–water partition coefficient (Wildman–Crippen LogP) is 3.43. The molecule has 1 heterocycles. The van der Waals surface area contributed by atoms with Gasteiger partial charge >= 0.3 is 0 Å². The van der Waals surface area contributed by atoms with Crippen LogP contribution < -0.4 is 4.90 Å². The number of halogens is 1. The molecule has 1 aromatic carbocycles. The first-order chi connectivity index (χ1) is 8.59. The molecule has 2 rings (SSSR count). The van der Waals surface area contributed by atoms with Gasteiger partial charge in [-0.25, -0.2) is 4.98 Å². The minimum Gasteiger partial charge on any atom is -0.311 e. The van der Waals surface area contributed by atoms with Crippen molar-refractivity contribution in [3.8, 4) is 0 Å². The van der Waals surface area contributed by atoms with Gasteiger partial charge in [-0.05, 0) is 46.6 Å². The largest absolute Gasteiger partial charge is 0.311 e. The molecule has 4 heteroatoms. The molecule has 0 unspecified atom stereocenters. The fraction of sp³-hybridized carbons (Fsp3) is 0.143. The molecule has 1 aromatic heterocycles. The Morgan fingerprint density at radius 3 is 2.67 bits per heavy atom. The number of para-hydroxylation sites is 1. The van der Waals surface area contributed by atoms with E-state index in [1.807, 2.05) is 31.2 Å². The lowest BCUT2D eigenvalue weighted by Crippen LogP contribution is -2.26. The highest BCUT2D eigenvalue weighted by molar-refractivity contribution is 9.10. The van der Waals surface area contributed by atoms with Gasteiger partial charge in [0.1, 0.15) is 4.60 Å². The number of anilines is 1. The summed E-state index contributed by atoms with van der Waals surface area (Å²) in [6, 6.07) is 11.2. The Labute approximate surface area is 115 Å². The summed E-state index contributed by atoms with van der Waals surface area (Å²) in [4.78, 5) is 18.0. The van der Waals surface area contributed by atoms with Gasteiger partial charge in [0.25, 0.3) is 5.91 Å². The zero-order valence-electron chi connectivity index (χ0n) is 10.2. The molecule has 92 valence electrons. The molecule has 0 radical (unpaired) electrons. The first-order valence-electron chi connectivity index (χ1n) is 5.55. The van der Waals surface area contributed by atoms with E-state index in [4.69, 9.17) is 0 Å². The lowest BCUT2D eigenvalue weighted by Gasteiger charge is -2.19. The summed E-state index contributed by atoms with van der Waals surface area (Å²) in [5, 5.41) is 0. The number of aryl methyl sites for hydroxylation is 1. The fourth-order valence-electron chi connectivity index (χ4n) is 1.78. The van der Waals surface area contributed by atoms with Crippen molar-refractivity contribution in [2.24, 2.45) is 0 Å². The van der Waals surface area contributed by atoms with Gasteiger partial charge in [0.05, 0.1) is 0 Å². The van der Waals surface area contributed by atoms with E-state index in [1.54, 1.807) is 30.3 Å². The Morgan fingerprint density at radius 1 is 1.28 bits per heavy atom. The molecule has 0 N–H and O–H groups in total. The molecule has 0 aliphatic rings. The molecule has 0 fully saturated rings. The SMILES string of the molecule is Cc1ccccc1N(C)C(=O)c1ccnc(Br)c1. The molecule has 2 aromatic rings. The number of hydrogen-bond acceptors (Lipinski definition) is 2. The summed E-state index contributed by atoms with van der Waals surface area (Å²) < 4.78 is 0.659. The topological polar surface area (TPSA) is 33.2 Å². The number of amides is 1. The number of carbonyl (C=O) groups excluding carboxylic acids is 1. The smallest absolute Gasteiger partial charge is 0.258 e. The van der Waals surface area contributed by atoms with Gasteiger partial charge in [-0.2, -0.15) is 0 Å². The van der Waals surface area contributed by atoms with Crippen LogP contribution in [0.15, 0.2) is 47.2 Å². The van der Waals surface area contributed by atoms with E-state index in [-0.39, 0.29) is 5.91 Å². The lowest BCUT2D eigenvalue weighted by molar-refractivity contribution is 0.0992. The third-order valence-electron chi connectivity index (χ3n) is 2.75. The number of carbonyl (C=O) groups is 1. The van der Waals surface area contributed by atoms with Crippen molar-refractivity contribution in [2.45, 2.75) is 6.92 Å². The molecule has 0 spiro atoms. The van der Waals surface area contributed by atoms with E-state index in [2.05, 4.69) is 20.9 Å². The molecule has 18 heavy (non-hydrogen) atoms. The number of pyridine rings is 1. The molecule has 0 bridgehead atoms. The zero-order chi connectivity index (χ0) is 13.1. The first-order valence-corrected chi connectivity index (χ1v) is 6.34. The maximum atomic E-state index is 12.3. The third kappa shape index (κ3) is 2.59.